The van der Waals surface area contributed by atoms with Crippen LogP contribution in [0.3, 0.4) is 0 Å². The minimum atomic E-state index is -0.190. The summed E-state index contributed by atoms with van der Waals surface area (Å²) in [6.07, 6.45) is 1.57. The molecule has 0 spiro atoms. The van der Waals surface area contributed by atoms with Crippen LogP contribution in [0.4, 0.5) is 28.4 Å². The van der Waals surface area contributed by atoms with Gasteiger partial charge in [-0.05, 0) is 84.5 Å². The number of para-hydroxylation sites is 2. The van der Waals surface area contributed by atoms with E-state index in [1.165, 1.54) is 12.7 Å². The largest absolute Gasteiger partial charge is 0.493 e. The van der Waals surface area contributed by atoms with Crippen LogP contribution in [0.1, 0.15) is 49.9 Å². The first-order valence-corrected chi connectivity index (χ1v) is 17.6. The van der Waals surface area contributed by atoms with E-state index in [1.54, 1.807) is 30.2 Å². The fourth-order valence-electron chi connectivity index (χ4n) is 7.73. The second kappa shape index (κ2) is 13.6. The standard InChI is InChI=1S/C42H41N5O6/c1-24-12-27-8-4-6-10-35(27)46(24)41(48)31-17-37(50-2)39(19-33(31)44)52-22-25-13-26(15-29(43)14-25)23-53-40-20-34-32(18-38(40)51-3)42(49)47-30(21-45-34)16-28-9-5-7-11-36(28)47/h4-11,13-15,17-20,24,30,45H,12,16,21-23,43-44H2,1-3H3/t24-,30+/m1/s1. The van der Waals surface area contributed by atoms with Crippen LogP contribution in [0, 0.1) is 0 Å². The molecule has 270 valence electrons. The molecule has 5 aromatic carbocycles. The summed E-state index contributed by atoms with van der Waals surface area (Å²) in [6.45, 7) is 2.99. The van der Waals surface area contributed by atoms with E-state index < -0.39 is 0 Å². The van der Waals surface area contributed by atoms with Gasteiger partial charge in [-0.2, -0.15) is 0 Å². The highest BCUT2D eigenvalue weighted by molar-refractivity contribution is 6.12. The summed E-state index contributed by atoms with van der Waals surface area (Å²) < 4.78 is 23.8. The van der Waals surface area contributed by atoms with Gasteiger partial charge in [-0.3, -0.25) is 9.59 Å². The highest BCUT2D eigenvalue weighted by atomic mass is 16.5. The number of anilines is 5. The summed E-state index contributed by atoms with van der Waals surface area (Å²) in [7, 11) is 3.09. The molecule has 11 heteroatoms. The Morgan fingerprint density at radius 1 is 0.774 bits per heavy atom. The predicted octanol–water partition coefficient (Wildman–Crippen LogP) is 6.61. The van der Waals surface area contributed by atoms with Gasteiger partial charge in [-0.25, -0.2) is 0 Å². The van der Waals surface area contributed by atoms with Crippen LogP contribution >= 0.6 is 0 Å². The van der Waals surface area contributed by atoms with Crippen LogP contribution in [0.5, 0.6) is 23.0 Å². The van der Waals surface area contributed by atoms with E-state index in [1.807, 2.05) is 78.6 Å². The average molecular weight is 712 g/mol. The van der Waals surface area contributed by atoms with Crippen molar-refractivity contribution in [1.29, 1.82) is 0 Å². The number of amides is 2. The van der Waals surface area contributed by atoms with Crippen LogP contribution < -0.4 is 45.5 Å². The summed E-state index contributed by atoms with van der Waals surface area (Å²) in [5, 5.41) is 3.47. The van der Waals surface area contributed by atoms with Gasteiger partial charge < -0.3 is 45.5 Å². The zero-order chi connectivity index (χ0) is 36.8. The smallest absolute Gasteiger partial charge is 0.260 e. The van der Waals surface area contributed by atoms with Crippen molar-refractivity contribution in [3.63, 3.8) is 0 Å². The minimum Gasteiger partial charge on any atom is -0.493 e. The first-order valence-electron chi connectivity index (χ1n) is 17.6. The Balaban J connectivity index is 0.972. The van der Waals surface area contributed by atoms with Crippen molar-refractivity contribution in [2.45, 2.75) is 45.1 Å². The van der Waals surface area contributed by atoms with Gasteiger partial charge in [0.15, 0.2) is 23.0 Å². The van der Waals surface area contributed by atoms with Gasteiger partial charge in [0.05, 0.1) is 37.1 Å². The minimum absolute atomic E-state index is 0.00152. The van der Waals surface area contributed by atoms with Gasteiger partial charge in [0, 0.05) is 47.5 Å². The summed E-state index contributed by atoms with van der Waals surface area (Å²) in [5.41, 5.74) is 20.9. The Hall–Kier alpha value is -6.36. The quantitative estimate of drug-likeness (QED) is 0.144. The van der Waals surface area contributed by atoms with Gasteiger partial charge in [-0.1, -0.05) is 36.4 Å². The number of ether oxygens (including phenoxy) is 4. The highest BCUT2D eigenvalue weighted by Gasteiger charge is 2.38. The van der Waals surface area contributed by atoms with Crippen LogP contribution in [0.25, 0.3) is 0 Å². The topological polar surface area (TPSA) is 142 Å². The number of nitrogens with one attached hydrogen (secondary N) is 1. The molecular weight excluding hydrogens is 670 g/mol. The van der Waals surface area contributed by atoms with Crippen molar-refractivity contribution < 1.29 is 28.5 Å². The Kier molecular flexibility index (Phi) is 8.69. The molecule has 5 aromatic rings. The molecule has 3 aliphatic heterocycles. The lowest BCUT2D eigenvalue weighted by Gasteiger charge is -2.24. The number of nitrogens with zero attached hydrogens (tertiary/aromatic N) is 2. The second-order valence-electron chi connectivity index (χ2n) is 13.7. The summed E-state index contributed by atoms with van der Waals surface area (Å²) in [5.74, 6) is 1.48. The molecule has 0 saturated carbocycles. The SMILES string of the molecule is COc1cc(C(=O)N2c3ccccc3C[C@H]2C)c(N)cc1OCc1cc(N)cc(COc2cc3c(cc2OC)C(=O)N2c4ccccc4C[C@H]2CN3)c1. The molecule has 0 unspecified atom stereocenters. The number of hydrogen-bond acceptors (Lipinski definition) is 9. The molecule has 5 N–H and O–H groups in total. The van der Waals surface area contributed by atoms with Gasteiger partial charge in [-0.15, -0.1) is 0 Å². The van der Waals surface area contributed by atoms with E-state index in [-0.39, 0.29) is 37.1 Å². The van der Waals surface area contributed by atoms with Crippen LogP contribution in [0.2, 0.25) is 0 Å². The number of methoxy groups -OCH3 is 2. The summed E-state index contributed by atoms with van der Waals surface area (Å²) >= 11 is 0. The molecule has 11 nitrogen and oxygen atoms in total. The number of nitrogens with two attached hydrogens (primary N) is 2. The molecule has 0 aliphatic carbocycles. The first kappa shape index (κ1) is 33.8. The van der Waals surface area contributed by atoms with Crippen molar-refractivity contribution in [3.8, 4) is 23.0 Å². The lowest BCUT2D eigenvalue weighted by Crippen LogP contribution is -2.39. The zero-order valence-corrected chi connectivity index (χ0v) is 29.8. The van der Waals surface area contributed by atoms with Crippen molar-refractivity contribution in [1.82, 2.24) is 0 Å². The van der Waals surface area contributed by atoms with Gasteiger partial charge in [0.2, 0.25) is 0 Å². The predicted molar refractivity (Wildman–Crippen MR) is 206 cm³/mol. The fourth-order valence-corrected chi connectivity index (χ4v) is 7.73. The molecule has 8 rings (SSSR count). The van der Waals surface area contributed by atoms with Crippen LogP contribution in [-0.4, -0.2) is 44.7 Å². The molecule has 0 aromatic heterocycles. The van der Waals surface area contributed by atoms with E-state index in [4.69, 9.17) is 30.4 Å². The molecule has 2 atom stereocenters. The fraction of sp³-hybridized carbons (Fsp3) is 0.238. The second-order valence-corrected chi connectivity index (χ2v) is 13.7. The molecule has 3 aliphatic rings. The Labute approximate surface area is 308 Å². The number of rotatable bonds is 9. The average Bonchev–Trinajstić information content (AvgIpc) is 3.67. The molecule has 0 radical (unpaired) electrons. The van der Waals surface area contributed by atoms with Crippen molar-refractivity contribution in [2.24, 2.45) is 0 Å². The van der Waals surface area contributed by atoms with Crippen LogP contribution in [0.15, 0.2) is 91.0 Å². The zero-order valence-electron chi connectivity index (χ0n) is 29.8. The number of carbonyl (C=O) groups is 2. The maximum Gasteiger partial charge on any atom is 0.260 e. The highest BCUT2D eigenvalue weighted by Crippen LogP contribution is 2.41. The molecule has 0 saturated heterocycles. The lowest BCUT2D eigenvalue weighted by atomic mass is 10.1. The monoisotopic (exact) mass is 711 g/mol. The Morgan fingerprint density at radius 2 is 1.40 bits per heavy atom. The lowest BCUT2D eigenvalue weighted by molar-refractivity contribution is 0.0974. The Bertz CT molecular complexity index is 2260. The maximum absolute atomic E-state index is 13.8. The van der Waals surface area contributed by atoms with E-state index in [0.29, 0.717) is 57.7 Å². The van der Waals surface area contributed by atoms with Gasteiger partial charge >= 0.3 is 0 Å². The van der Waals surface area contributed by atoms with Crippen molar-refractivity contribution in [3.05, 3.63) is 124 Å². The summed E-state index contributed by atoms with van der Waals surface area (Å²) in [4.78, 5) is 31.3. The maximum atomic E-state index is 13.8. The third-order valence-corrected chi connectivity index (χ3v) is 10.2. The molecule has 0 fully saturated rings. The number of nitrogen functional groups attached to an aromatic ring is 2. The third kappa shape index (κ3) is 6.18. The van der Waals surface area contributed by atoms with E-state index in [0.717, 1.165) is 40.9 Å². The number of carbonyl (C=O) groups excluding carboxylic acids is 2. The van der Waals surface area contributed by atoms with Crippen molar-refractivity contribution in [2.75, 3.05) is 47.3 Å². The van der Waals surface area contributed by atoms with E-state index >= 15 is 0 Å². The van der Waals surface area contributed by atoms with Gasteiger partial charge in [0.25, 0.3) is 11.8 Å². The van der Waals surface area contributed by atoms with E-state index in [2.05, 4.69) is 11.4 Å². The summed E-state index contributed by atoms with van der Waals surface area (Å²) in [6, 6.07) is 28.4. The van der Waals surface area contributed by atoms with Gasteiger partial charge in [0.1, 0.15) is 13.2 Å². The Morgan fingerprint density at radius 3 is 2.09 bits per heavy atom. The van der Waals surface area contributed by atoms with Crippen LogP contribution in [-0.2, 0) is 26.1 Å². The molecule has 3 heterocycles. The number of hydrogen-bond donors (Lipinski definition) is 3. The van der Waals surface area contributed by atoms with Crippen molar-refractivity contribution >= 4 is 40.3 Å². The molecular formula is C42H41N5O6. The number of benzene rings is 5. The molecule has 53 heavy (non-hydrogen) atoms. The first-order chi connectivity index (χ1) is 25.7. The number of fused-ring (bicyclic) bond motifs is 5. The normalized spacial score (nSPS) is 16.8. The molecule has 0 bridgehead atoms. The van der Waals surface area contributed by atoms with E-state index in [9.17, 15) is 9.59 Å². The molecule has 2 amide bonds. The third-order valence-electron chi connectivity index (χ3n) is 10.2.